The standard InChI is InChI=1S/C23H28O10/c1-29-15-5-3-11(7-18(15)30-2)14-6-4-13-16(31-14)8-12(25)9-17(13)32-23-22(28)21(27)20(26)19(10-24)33-23/h3,5,7-9,14,19-28H,4,6,10H2,1-2H3/t14-,19+,20+,21-,22+,23+/m0/s1. The van der Waals surface area contributed by atoms with E-state index in [0.29, 0.717) is 35.7 Å². The molecule has 0 aromatic heterocycles. The highest BCUT2D eigenvalue weighted by Gasteiger charge is 2.45. The summed E-state index contributed by atoms with van der Waals surface area (Å²) < 4.78 is 28.0. The molecule has 1 fully saturated rings. The number of hydrogen-bond donors (Lipinski definition) is 5. The van der Waals surface area contributed by atoms with Crippen LogP contribution in [-0.2, 0) is 11.2 Å². The number of ether oxygens (including phenoxy) is 5. The molecule has 0 radical (unpaired) electrons. The number of benzene rings is 2. The minimum atomic E-state index is -1.57. The molecule has 2 heterocycles. The second-order valence-corrected chi connectivity index (χ2v) is 8.00. The quantitative estimate of drug-likeness (QED) is 0.413. The van der Waals surface area contributed by atoms with Crippen LogP contribution >= 0.6 is 0 Å². The number of phenols is 1. The molecule has 2 aliphatic rings. The van der Waals surface area contributed by atoms with Crippen LogP contribution in [0.5, 0.6) is 28.7 Å². The Bertz CT molecular complexity index is 978. The van der Waals surface area contributed by atoms with Crippen molar-refractivity contribution in [3.05, 3.63) is 41.5 Å². The van der Waals surface area contributed by atoms with E-state index in [1.54, 1.807) is 20.3 Å². The van der Waals surface area contributed by atoms with Gasteiger partial charge in [0.2, 0.25) is 6.29 Å². The molecule has 0 unspecified atom stereocenters. The summed E-state index contributed by atoms with van der Waals surface area (Å²) in [5.41, 5.74) is 1.53. The lowest BCUT2D eigenvalue weighted by Crippen LogP contribution is -2.60. The minimum Gasteiger partial charge on any atom is -0.508 e. The molecule has 0 aliphatic carbocycles. The van der Waals surface area contributed by atoms with E-state index in [4.69, 9.17) is 23.7 Å². The van der Waals surface area contributed by atoms with Crippen LogP contribution in [0.25, 0.3) is 0 Å². The van der Waals surface area contributed by atoms with Crippen molar-refractivity contribution in [2.75, 3.05) is 20.8 Å². The van der Waals surface area contributed by atoms with Gasteiger partial charge in [0, 0.05) is 17.7 Å². The smallest absolute Gasteiger partial charge is 0.229 e. The topological polar surface area (TPSA) is 147 Å². The molecular formula is C23H28O10. The Hall–Kier alpha value is -2.76. The van der Waals surface area contributed by atoms with Crippen molar-refractivity contribution in [2.24, 2.45) is 0 Å². The maximum absolute atomic E-state index is 10.3. The Labute approximate surface area is 190 Å². The van der Waals surface area contributed by atoms with E-state index in [0.717, 1.165) is 5.56 Å². The van der Waals surface area contributed by atoms with Crippen LogP contribution in [0.4, 0.5) is 0 Å². The summed E-state index contributed by atoms with van der Waals surface area (Å²) in [4.78, 5) is 0. The summed E-state index contributed by atoms with van der Waals surface area (Å²) in [6.45, 7) is -0.570. The fourth-order valence-electron chi connectivity index (χ4n) is 4.13. The maximum Gasteiger partial charge on any atom is 0.229 e. The average Bonchev–Trinajstić information content (AvgIpc) is 2.83. The summed E-state index contributed by atoms with van der Waals surface area (Å²) in [7, 11) is 3.12. The summed E-state index contributed by atoms with van der Waals surface area (Å²) in [5.74, 6) is 1.67. The first-order valence-electron chi connectivity index (χ1n) is 10.6. The third-order valence-corrected chi connectivity index (χ3v) is 5.95. The van der Waals surface area contributed by atoms with Crippen LogP contribution in [0, 0.1) is 0 Å². The largest absolute Gasteiger partial charge is 0.508 e. The SMILES string of the molecule is COc1ccc([C@@H]2CCc3c(O[C@@H]4O[C@H](CO)[C@@H](O)[C@H](O)[C@H]4O)cc(O)cc3O2)cc1OC. The Morgan fingerprint density at radius 1 is 0.939 bits per heavy atom. The second kappa shape index (κ2) is 9.62. The van der Waals surface area contributed by atoms with E-state index in [1.165, 1.54) is 12.1 Å². The summed E-state index contributed by atoms with van der Waals surface area (Å²) in [6.07, 6.45) is -6.28. The molecule has 0 amide bonds. The van der Waals surface area contributed by atoms with Gasteiger partial charge in [0.1, 0.15) is 47.8 Å². The van der Waals surface area contributed by atoms with Gasteiger partial charge < -0.3 is 49.2 Å². The zero-order chi connectivity index (χ0) is 23.7. The van der Waals surface area contributed by atoms with Gasteiger partial charge in [0.25, 0.3) is 0 Å². The van der Waals surface area contributed by atoms with Crippen LogP contribution in [0.15, 0.2) is 30.3 Å². The van der Waals surface area contributed by atoms with Crippen molar-refractivity contribution in [3.8, 4) is 28.7 Å². The van der Waals surface area contributed by atoms with Crippen LogP contribution in [0.2, 0.25) is 0 Å². The zero-order valence-corrected chi connectivity index (χ0v) is 18.2. The Kier molecular flexibility index (Phi) is 6.82. The van der Waals surface area contributed by atoms with Crippen molar-refractivity contribution in [1.29, 1.82) is 0 Å². The number of rotatable bonds is 6. The molecule has 10 heteroatoms. The normalized spacial score (nSPS) is 29.0. The van der Waals surface area contributed by atoms with Gasteiger partial charge in [-0.15, -0.1) is 0 Å². The van der Waals surface area contributed by atoms with Gasteiger partial charge in [-0.2, -0.15) is 0 Å². The fraction of sp³-hybridized carbons (Fsp3) is 0.478. The number of phenolic OH excluding ortho intramolecular Hbond substituents is 1. The Morgan fingerprint density at radius 2 is 1.70 bits per heavy atom. The Balaban J connectivity index is 1.57. The lowest BCUT2D eigenvalue weighted by atomic mass is 9.96. The molecule has 0 spiro atoms. The molecule has 10 nitrogen and oxygen atoms in total. The van der Waals surface area contributed by atoms with Crippen molar-refractivity contribution < 1.29 is 49.2 Å². The van der Waals surface area contributed by atoms with Crippen LogP contribution < -0.4 is 18.9 Å². The molecule has 2 aromatic carbocycles. The monoisotopic (exact) mass is 464 g/mol. The van der Waals surface area contributed by atoms with E-state index in [-0.39, 0.29) is 17.6 Å². The van der Waals surface area contributed by atoms with E-state index in [9.17, 15) is 25.5 Å². The average molecular weight is 464 g/mol. The highest BCUT2D eigenvalue weighted by molar-refractivity contribution is 5.52. The summed E-state index contributed by atoms with van der Waals surface area (Å²) in [5, 5.41) is 49.9. The van der Waals surface area contributed by atoms with Gasteiger partial charge in [0.05, 0.1) is 20.8 Å². The van der Waals surface area contributed by atoms with Crippen molar-refractivity contribution in [2.45, 2.75) is 49.7 Å². The number of aromatic hydroxyl groups is 1. The number of hydrogen-bond acceptors (Lipinski definition) is 10. The first-order valence-corrected chi connectivity index (χ1v) is 10.6. The van der Waals surface area contributed by atoms with Gasteiger partial charge in [-0.25, -0.2) is 0 Å². The molecule has 6 atom stereocenters. The van der Waals surface area contributed by atoms with E-state index in [1.807, 2.05) is 12.1 Å². The lowest BCUT2D eigenvalue weighted by Gasteiger charge is -2.40. The molecule has 2 aliphatic heterocycles. The van der Waals surface area contributed by atoms with E-state index < -0.39 is 37.3 Å². The summed E-state index contributed by atoms with van der Waals surface area (Å²) >= 11 is 0. The molecule has 0 saturated carbocycles. The number of aliphatic hydroxyl groups is 4. The highest BCUT2D eigenvalue weighted by Crippen LogP contribution is 2.44. The van der Waals surface area contributed by atoms with Crippen LogP contribution in [0.3, 0.4) is 0 Å². The van der Waals surface area contributed by atoms with Gasteiger partial charge in [-0.1, -0.05) is 6.07 Å². The third-order valence-electron chi connectivity index (χ3n) is 5.95. The van der Waals surface area contributed by atoms with E-state index >= 15 is 0 Å². The zero-order valence-electron chi connectivity index (χ0n) is 18.2. The highest BCUT2D eigenvalue weighted by atomic mass is 16.7. The molecule has 33 heavy (non-hydrogen) atoms. The lowest BCUT2D eigenvalue weighted by molar-refractivity contribution is -0.277. The van der Waals surface area contributed by atoms with Gasteiger partial charge in [0.15, 0.2) is 11.5 Å². The van der Waals surface area contributed by atoms with Gasteiger partial charge in [-0.3, -0.25) is 0 Å². The van der Waals surface area contributed by atoms with Crippen molar-refractivity contribution >= 4 is 0 Å². The minimum absolute atomic E-state index is 0.124. The molecule has 1 saturated heterocycles. The van der Waals surface area contributed by atoms with E-state index in [2.05, 4.69) is 0 Å². The van der Waals surface area contributed by atoms with Crippen LogP contribution in [-0.4, -0.2) is 77.1 Å². The molecule has 5 N–H and O–H groups in total. The molecular weight excluding hydrogens is 436 g/mol. The molecule has 180 valence electrons. The van der Waals surface area contributed by atoms with Crippen molar-refractivity contribution in [1.82, 2.24) is 0 Å². The molecule has 4 rings (SSSR count). The van der Waals surface area contributed by atoms with Gasteiger partial charge in [-0.05, 0) is 30.5 Å². The number of aliphatic hydroxyl groups excluding tert-OH is 4. The second-order valence-electron chi connectivity index (χ2n) is 8.00. The Morgan fingerprint density at radius 3 is 2.39 bits per heavy atom. The number of methoxy groups -OCH3 is 2. The third kappa shape index (κ3) is 4.53. The predicted octanol–water partition coefficient (Wildman–Crippen LogP) is 0.654. The maximum atomic E-state index is 10.3. The molecule has 0 bridgehead atoms. The first-order chi connectivity index (χ1) is 15.9. The number of fused-ring (bicyclic) bond motifs is 1. The first kappa shape index (κ1) is 23.4. The fourth-order valence-corrected chi connectivity index (χ4v) is 4.13. The predicted molar refractivity (Wildman–Crippen MR) is 114 cm³/mol. The van der Waals surface area contributed by atoms with Crippen LogP contribution in [0.1, 0.15) is 23.7 Å². The van der Waals surface area contributed by atoms with Gasteiger partial charge >= 0.3 is 0 Å². The van der Waals surface area contributed by atoms with Crippen molar-refractivity contribution in [3.63, 3.8) is 0 Å². The molecule has 2 aromatic rings. The summed E-state index contributed by atoms with van der Waals surface area (Å²) in [6, 6.07) is 8.35.